The molecule has 1 atom stereocenters. The van der Waals surface area contributed by atoms with Crippen molar-refractivity contribution in [2.75, 3.05) is 13.1 Å². The first-order valence-corrected chi connectivity index (χ1v) is 8.10. The summed E-state index contributed by atoms with van der Waals surface area (Å²) in [7, 11) is 0. The molecule has 1 saturated heterocycles. The van der Waals surface area contributed by atoms with Crippen molar-refractivity contribution >= 4 is 11.8 Å². The second-order valence-electron chi connectivity index (χ2n) is 6.24. The van der Waals surface area contributed by atoms with E-state index in [1.54, 1.807) is 16.7 Å². The number of aryl methyl sites for hydroxylation is 1. The van der Waals surface area contributed by atoms with Crippen molar-refractivity contribution < 1.29 is 14.1 Å². The molecule has 0 N–H and O–H groups in total. The summed E-state index contributed by atoms with van der Waals surface area (Å²) in [6, 6.07) is 7.33. The predicted molar refractivity (Wildman–Crippen MR) is 83.9 cm³/mol. The van der Waals surface area contributed by atoms with Gasteiger partial charge >= 0.3 is 0 Å². The van der Waals surface area contributed by atoms with Gasteiger partial charge in [-0.2, -0.15) is 4.98 Å². The largest absolute Gasteiger partial charge is 0.340 e. The molecule has 2 amide bonds. The highest BCUT2D eigenvalue weighted by Crippen LogP contribution is 2.31. The van der Waals surface area contributed by atoms with Crippen molar-refractivity contribution in [1.29, 1.82) is 0 Å². The Bertz CT molecular complexity index is 801. The third-order valence-electron chi connectivity index (χ3n) is 4.64. The normalized spacial score (nSPS) is 19.9. The van der Waals surface area contributed by atoms with Crippen LogP contribution >= 0.6 is 0 Å². The number of carbonyl (C=O) groups is 2. The van der Waals surface area contributed by atoms with Gasteiger partial charge < -0.3 is 14.3 Å². The highest BCUT2D eigenvalue weighted by atomic mass is 16.5. The zero-order chi connectivity index (χ0) is 16.7. The van der Waals surface area contributed by atoms with Crippen molar-refractivity contribution in [3.8, 4) is 0 Å². The number of aromatic nitrogens is 2. The number of hydrogen-bond acceptors (Lipinski definition) is 5. The average molecular weight is 326 g/mol. The van der Waals surface area contributed by atoms with Crippen LogP contribution in [0, 0.1) is 6.92 Å². The third-order valence-corrected chi connectivity index (χ3v) is 4.64. The lowest BCUT2D eigenvalue weighted by Gasteiger charge is -2.25. The molecule has 2 aliphatic heterocycles. The molecule has 24 heavy (non-hydrogen) atoms. The first-order chi connectivity index (χ1) is 11.6. The highest BCUT2D eigenvalue weighted by molar-refractivity contribution is 6.00. The van der Waals surface area contributed by atoms with Crippen LogP contribution in [-0.4, -0.2) is 44.8 Å². The molecule has 7 heteroatoms. The number of likely N-dealkylation sites (tertiary alicyclic amines) is 1. The van der Waals surface area contributed by atoms with Crippen LogP contribution in [0.2, 0.25) is 0 Å². The van der Waals surface area contributed by atoms with E-state index < -0.39 is 0 Å². The average Bonchev–Trinajstić information content (AvgIpc) is 3.28. The summed E-state index contributed by atoms with van der Waals surface area (Å²) in [6.45, 7) is 2.96. The van der Waals surface area contributed by atoms with Crippen LogP contribution in [0.5, 0.6) is 0 Å². The molecule has 0 radical (unpaired) electrons. The molecule has 2 aliphatic rings. The summed E-state index contributed by atoms with van der Waals surface area (Å²) in [4.78, 5) is 32.8. The summed E-state index contributed by atoms with van der Waals surface area (Å²) < 4.78 is 5.03. The van der Waals surface area contributed by atoms with Crippen LogP contribution in [-0.2, 0) is 11.3 Å². The number of fused-ring (bicyclic) bond motifs is 1. The Balaban J connectivity index is 1.48. The minimum atomic E-state index is -0.157. The lowest BCUT2D eigenvalue weighted by Crippen LogP contribution is -2.40. The van der Waals surface area contributed by atoms with Gasteiger partial charge in [-0.25, -0.2) is 0 Å². The van der Waals surface area contributed by atoms with Crippen LogP contribution < -0.4 is 0 Å². The monoisotopic (exact) mass is 326 g/mol. The summed E-state index contributed by atoms with van der Waals surface area (Å²) >= 11 is 0. The number of benzene rings is 1. The minimum absolute atomic E-state index is 0.0684. The molecular weight excluding hydrogens is 308 g/mol. The molecule has 124 valence electrons. The Labute approximate surface area is 139 Å². The molecule has 1 aromatic heterocycles. The molecule has 7 nitrogen and oxygen atoms in total. The van der Waals surface area contributed by atoms with E-state index >= 15 is 0 Å². The van der Waals surface area contributed by atoms with Crippen molar-refractivity contribution in [1.82, 2.24) is 19.9 Å². The Morgan fingerprint density at radius 2 is 2.21 bits per heavy atom. The molecule has 0 bridgehead atoms. The Kier molecular flexibility index (Phi) is 3.55. The van der Waals surface area contributed by atoms with Crippen molar-refractivity contribution in [2.45, 2.75) is 32.4 Å². The minimum Gasteiger partial charge on any atom is -0.340 e. The quantitative estimate of drug-likeness (QED) is 0.857. The molecule has 4 rings (SSSR count). The fourth-order valence-electron chi connectivity index (χ4n) is 3.48. The maximum absolute atomic E-state index is 12.7. The SMILES string of the molecule is Cc1nc([C@@H]2CCCN2C(=O)CN2Cc3ccccc3C2=O)no1. The number of rotatable bonds is 3. The number of nitrogens with zero attached hydrogens (tertiary/aromatic N) is 4. The van der Waals surface area contributed by atoms with Gasteiger partial charge in [-0.05, 0) is 24.5 Å². The van der Waals surface area contributed by atoms with E-state index in [1.165, 1.54) is 0 Å². The van der Waals surface area contributed by atoms with E-state index in [4.69, 9.17) is 4.52 Å². The maximum Gasteiger partial charge on any atom is 0.254 e. The summed E-state index contributed by atoms with van der Waals surface area (Å²) in [5.74, 6) is 0.898. The number of amides is 2. The summed E-state index contributed by atoms with van der Waals surface area (Å²) in [6.07, 6.45) is 1.72. The molecule has 0 saturated carbocycles. The molecule has 2 aromatic rings. The van der Waals surface area contributed by atoms with Gasteiger partial charge in [0.15, 0.2) is 5.82 Å². The smallest absolute Gasteiger partial charge is 0.254 e. The number of carbonyl (C=O) groups excluding carboxylic acids is 2. The van der Waals surface area contributed by atoms with Crippen LogP contribution in [0.3, 0.4) is 0 Å². The van der Waals surface area contributed by atoms with Crippen LogP contribution in [0.4, 0.5) is 0 Å². The van der Waals surface area contributed by atoms with E-state index in [2.05, 4.69) is 10.1 Å². The topological polar surface area (TPSA) is 79.5 Å². The standard InChI is InChI=1S/C17H18N4O3/c1-11-18-16(19-24-11)14-7-4-8-21(14)15(22)10-20-9-12-5-2-3-6-13(12)17(20)23/h2-3,5-6,14H,4,7-10H2,1H3/t14-/m0/s1. The van der Waals surface area contributed by atoms with Crippen molar-refractivity contribution in [3.05, 3.63) is 47.1 Å². The van der Waals surface area contributed by atoms with E-state index in [9.17, 15) is 9.59 Å². The lowest BCUT2D eigenvalue weighted by atomic mass is 10.1. The molecule has 0 spiro atoms. The van der Waals surface area contributed by atoms with Crippen LogP contribution in [0.15, 0.2) is 28.8 Å². The molecule has 3 heterocycles. The molecular formula is C17H18N4O3. The van der Waals surface area contributed by atoms with Gasteiger partial charge in [-0.3, -0.25) is 9.59 Å². The Morgan fingerprint density at radius 3 is 2.96 bits per heavy atom. The van der Waals surface area contributed by atoms with Gasteiger partial charge in [-0.1, -0.05) is 23.4 Å². The van der Waals surface area contributed by atoms with E-state index in [-0.39, 0.29) is 24.4 Å². The van der Waals surface area contributed by atoms with Gasteiger partial charge in [0.25, 0.3) is 5.91 Å². The first kappa shape index (κ1) is 14.9. The zero-order valence-corrected chi connectivity index (χ0v) is 13.4. The number of hydrogen-bond donors (Lipinski definition) is 0. The van der Waals surface area contributed by atoms with Crippen LogP contribution in [0.25, 0.3) is 0 Å². The third kappa shape index (κ3) is 2.46. The van der Waals surface area contributed by atoms with Crippen molar-refractivity contribution in [3.63, 3.8) is 0 Å². The summed E-state index contributed by atoms with van der Waals surface area (Å²) in [5.41, 5.74) is 1.67. The fourth-order valence-corrected chi connectivity index (χ4v) is 3.48. The van der Waals surface area contributed by atoms with E-state index in [0.717, 1.165) is 18.4 Å². The second kappa shape index (κ2) is 5.74. The Morgan fingerprint density at radius 1 is 1.38 bits per heavy atom. The maximum atomic E-state index is 12.7. The Hall–Kier alpha value is -2.70. The molecule has 0 aliphatic carbocycles. The van der Waals surface area contributed by atoms with Gasteiger partial charge in [0.2, 0.25) is 11.8 Å². The van der Waals surface area contributed by atoms with Gasteiger partial charge in [0, 0.05) is 25.6 Å². The van der Waals surface area contributed by atoms with Crippen molar-refractivity contribution in [2.24, 2.45) is 0 Å². The lowest BCUT2D eigenvalue weighted by molar-refractivity contribution is -0.133. The molecule has 1 fully saturated rings. The van der Waals surface area contributed by atoms with E-state index in [1.807, 2.05) is 24.3 Å². The van der Waals surface area contributed by atoms with Gasteiger partial charge in [0.1, 0.15) is 6.54 Å². The zero-order valence-electron chi connectivity index (χ0n) is 13.4. The summed E-state index contributed by atoms with van der Waals surface area (Å²) in [5, 5.41) is 3.95. The van der Waals surface area contributed by atoms with E-state index in [0.29, 0.717) is 30.4 Å². The molecule has 0 unspecified atom stereocenters. The highest BCUT2D eigenvalue weighted by Gasteiger charge is 2.36. The predicted octanol–water partition coefficient (Wildman–Crippen LogP) is 1.70. The van der Waals surface area contributed by atoms with Gasteiger partial charge in [-0.15, -0.1) is 0 Å². The first-order valence-electron chi connectivity index (χ1n) is 8.10. The van der Waals surface area contributed by atoms with Crippen LogP contribution in [0.1, 0.15) is 46.5 Å². The molecule has 1 aromatic carbocycles. The second-order valence-corrected chi connectivity index (χ2v) is 6.24. The fraction of sp³-hybridized carbons (Fsp3) is 0.412. The van der Waals surface area contributed by atoms with Gasteiger partial charge in [0.05, 0.1) is 6.04 Å².